The molecule has 15 heavy (non-hydrogen) atoms. The number of hydrogen-bond donors (Lipinski definition) is 1. The number of carbonyl (C=O) groups is 1. The van der Waals surface area contributed by atoms with E-state index in [1.807, 2.05) is 0 Å². The van der Waals surface area contributed by atoms with Crippen LogP contribution in [0.2, 0.25) is 5.02 Å². The molecule has 1 rings (SSSR count). The molecule has 0 amide bonds. The Labute approximate surface area is 91.4 Å². The minimum atomic E-state index is -1.08. The predicted molar refractivity (Wildman–Crippen MR) is 54.0 cm³/mol. The van der Waals surface area contributed by atoms with Crippen LogP contribution in [0.25, 0.3) is 0 Å². The van der Waals surface area contributed by atoms with E-state index >= 15 is 0 Å². The molecule has 0 radical (unpaired) electrons. The van der Waals surface area contributed by atoms with Crippen LogP contribution in [0.4, 0.5) is 4.39 Å². The molecule has 0 aliphatic carbocycles. The lowest BCUT2D eigenvalue weighted by atomic mass is 10.1. The Morgan fingerprint density at radius 2 is 2.27 bits per heavy atom. The van der Waals surface area contributed by atoms with Crippen molar-refractivity contribution in [1.29, 1.82) is 0 Å². The average molecular weight is 233 g/mol. The normalized spacial score (nSPS) is 10.1. The fourth-order valence-electron chi connectivity index (χ4n) is 1.33. The Kier molecular flexibility index (Phi) is 3.52. The zero-order valence-corrected chi connectivity index (χ0v) is 9.06. The van der Waals surface area contributed by atoms with Crippen LogP contribution in [0, 0.1) is 12.7 Å². The molecule has 0 aromatic heterocycles. The molecule has 0 heterocycles. The maximum atomic E-state index is 13.4. The van der Waals surface area contributed by atoms with Crippen molar-refractivity contribution in [3.63, 3.8) is 0 Å². The molecule has 82 valence electrons. The highest BCUT2D eigenvalue weighted by Gasteiger charge is 2.18. The van der Waals surface area contributed by atoms with Gasteiger partial charge in [0, 0.05) is 5.56 Å². The van der Waals surface area contributed by atoms with E-state index in [0.717, 1.165) is 0 Å². The minimum Gasteiger partial charge on any atom is -0.493 e. The summed E-state index contributed by atoms with van der Waals surface area (Å²) in [6.07, 6.45) is -0.361. The lowest BCUT2D eigenvalue weighted by Gasteiger charge is -2.11. The summed E-state index contributed by atoms with van der Waals surface area (Å²) in [5, 5.41) is 8.89. The highest BCUT2D eigenvalue weighted by Crippen LogP contribution is 2.32. The van der Waals surface area contributed by atoms with Crippen LogP contribution in [-0.2, 0) is 11.2 Å². The molecule has 0 bridgehead atoms. The molecule has 0 aliphatic heterocycles. The molecule has 1 N–H and O–H groups in total. The number of aryl methyl sites for hydroxylation is 1. The number of methoxy groups -OCH3 is 1. The van der Waals surface area contributed by atoms with Crippen molar-refractivity contribution < 1.29 is 19.0 Å². The molecule has 0 unspecified atom stereocenters. The van der Waals surface area contributed by atoms with Gasteiger partial charge in [-0.1, -0.05) is 11.6 Å². The van der Waals surface area contributed by atoms with Crippen LogP contribution < -0.4 is 4.74 Å². The van der Waals surface area contributed by atoms with E-state index in [2.05, 4.69) is 0 Å². The Balaban J connectivity index is 3.36. The second-order valence-corrected chi connectivity index (χ2v) is 3.45. The second-order valence-electron chi connectivity index (χ2n) is 3.07. The molecule has 0 aliphatic rings. The van der Waals surface area contributed by atoms with Gasteiger partial charge in [-0.15, -0.1) is 0 Å². The van der Waals surface area contributed by atoms with Gasteiger partial charge in [0.25, 0.3) is 0 Å². The number of hydrogen-bond acceptors (Lipinski definition) is 2. The highest BCUT2D eigenvalue weighted by molar-refractivity contribution is 6.32. The van der Waals surface area contributed by atoms with Gasteiger partial charge in [-0.05, 0) is 18.6 Å². The molecular formula is C10H10ClFO3. The Morgan fingerprint density at radius 1 is 1.67 bits per heavy atom. The molecule has 0 atom stereocenters. The number of rotatable bonds is 3. The Hall–Kier alpha value is -1.29. The first-order valence-corrected chi connectivity index (χ1v) is 4.58. The lowest BCUT2D eigenvalue weighted by Crippen LogP contribution is -2.05. The lowest BCUT2D eigenvalue weighted by molar-refractivity contribution is -0.136. The maximum absolute atomic E-state index is 13.4. The topological polar surface area (TPSA) is 46.5 Å². The van der Waals surface area contributed by atoms with Gasteiger partial charge in [0.05, 0.1) is 18.6 Å². The quantitative estimate of drug-likeness (QED) is 0.871. The van der Waals surface area contributed by atoms with Crippen molar-refractivity contribution >= 4 is 17.6 Å². The zero-order chi connectivity index (χ0) is 11.6. The zero-order valence-electron chi connectivity index (χ0n) is 8.30. The van der Waals surface area contributed by atoms with E-state index in [9.17, 15) is 9.18 Å². The molecular weight excluding hydrogens is 223 g/mol. The molecule has 1 aromatic carbocycles. The number of halogens is 2. The van der Waals surface area contributed by atoms with Crippen molar-refractivity contribution in [1.82, 2.24) is 0 Å². The van der Waals surface area contributed by atoms with E-state index in [-0.39, 0.29) is 22.8 Å². The third kappa shape index (κ3) is 2.39. The summed E-state index contributed by atoms with van der Waals surface area (Å²) in [4.78, 5) is 10.6. The monoisotopic (exact) mass is 232 g/mol. The third-order valence-electron chi connectivity index (χ3n) is 1.98. The van der Waals surface area contributed by atoms with Crippen molar-refractivity contribution in [2.24, 2.45) is 0 Å². The Bertz CT molecular complexity index is 404. The smallest absolute Gasteiger partial charge is 0.308 e. The van der Waals surface area contributed by atoms with Gasteiger partial charge < -0.3 is 9.84 Å². The van der Waals surface area contributed by atoms with Gasteiger partial charge in [-0.2, -0.15) is 0 Å². The number of benzene rings is 1. The first kappa shape index (κ1) is 11.8. The van der Waals surface area contributed by atoms with E-state index < -0.39 is 11.8 Å². The van der Waals surface area contributed by atoms with Crippen LogP contribution in [0.15, 0.2) is 6.07 Å². The van der Waals surface area contributed by atoms with Gasteiger partial charge in [-0.3, -0.25) is 4.79 Å². The maximum Gasteiger partial charge on any atom is 0.308 e. The predicted octanol–water partition coefficient (Wildman–Crippen LogP) is 2.42. The number of aliphatic carboxylic acids is 1. The SMILES string of the molecule is COc1c(F)cc(C)c(Cl)c1CC(=O)O. The van der Waals surface area contributed by atoms with Gasteiger partial charge in [0.1, 0.15) is 0 Å². The minimum absolute atomic E-state index is 0.104. The van der Waals surface area contributed by atoms with Crippen molar-refractivity contribution in [3.05, 3.63) is 28.0 Å². The highest BCUT2D eigenvalue weighted by atomic mass is 35.5. The summed E-state index contributed by atoms with van der Waals surface area (Å²) in [6, 6.07) is 1.21. The van der Waals surface area contributed by atoms with Gasteiger partial charge in [0.15, 0.2) is 11.6 Å². The fourth-order valence-corrected chi connectivity index (χ4v) is 1.54. The molecule has 0 spiro atoms. The van der Waals surface area contributed by atoms with E-state index in [0.29, 0.717) is 5.56 Å². The molecule has 0 saturated carbocycles. The van der Waals surface area contributed by atoms with Gasteiger partial charge in [0.2, 0.25) is 0 Å². The van der Waals surface area contributed by atoms with Crippen molar-refractivity contribution in [2.75, 3.05) is 7.11 Å². The summed E-state index contributed by atoms with van der Waals surface area (Å²) < 4.78 is 18.2. The summed E-state index contributed by atoms with van der Waals surface area (Å²) in [5.74, 6) is -1.79. The van der Waals surface area contributed by atoms with Crippen LogP contribution >= 0.6 is 11.6 Å². The summed E-state index contributed by atoms with van der Waals surface area (Å²) in [5.41, 5.74) is 0.662. The average Bonchev–Trinajstić information content (AvgIpc) is 2.13. The van der Waals surface area contributed by atoms with E-state index in [1.54, 1.807) is 6.92 Å². The van der Waals surface area contributed by atoms with Crippen LogP contribution in [0.3, 0.4) is 0 Å². The van der Waals surface area contributed by atoms with Crippen molar-refractivity contribution in [2.45, 2.75) is 13.3 Å². The first-order valence-electron chi connectivity index (χ1n) is 4.20. The molecule has 0 fully saturated rings. The van der Waals surface area contributed by atoms with Crippen LogP contribution in [-0.4, -0.2) is 18.2 Å². The standard InChI is InChI=1S/C10H10ClFO3/c1-5-3-7(12)10(15-2)6(9(5)11)4-8(13)14/h3H,4H2,1-2H3,(H,13,14). The first-order chi connectivity index (χ1) is 6.97. The molecule has 5 heteroatoms. The van der Waals surface area contributed by atoms with Gasteiger partial charge >= 0.3 is 5.97 Å². The Morgan fingerprint density at radius 3 is 2.73 bits per heavy atom. The summed E-state index contributed by atoms with van der Waals surface area (Å²) >= 11 is 5.88. The second kappa shape index (κ2) is 4.49. The van der Waals surface area contributed by atoms with E-state index in [4.69, 9.17) is 21.4 Å². The van der Waals surface area contributed by atoms with Gasteiger partial charge in [-0.25, -0.2) is 4.39 Å². The summed E-state index contributed by atoms with van der Waals surface area (Å²) in [6.45, 7) is 1.61. The number of ether oxygens (including phenoxy) is 1. The van der Waals surface area contributed by atoms with Crippen LogP contribution in [0.1, 0.15) is 11.1 Å². The summed E-state index contributed by atoms with van der Waals surface area (Å²) in [7, 11) is 1.27. The third-order valence-corrected chi connectivity index (χ3v) is 2.50. The number of carboxylic acid groups (broad SMARTS) is 1. The molecule has 3 nitrogen and oxygen atoms in total. The van der Waals surface area contributed by atoms with E-state index in [1.165, 1.54) is 13.2 Å². The van der Waals surface area contributed by atoms with Crippen LogP contribution in [0.5, 0.6) is 5.75 Å². The largest absolute Gasteiger partial charge is 0.493 e. The molecule has 0 saturated heterocycles. The van der Waals surface area contributed by atoms with Crippen molar-refractivity contribution in [3.8, 4) is 5.75 Å². The number of carboxylic acids is 1. The molecule has 1 aromatic rings. The fraction of sp³-hybridized carbons (Fsp3) is 0.300.